The number of nitro benzene ring substituents is 1. The van der Waals surface area contributed by atoms with E-state index in [1.165, 1.54) is 31.5 Å². The van der Waals surface area contributed by atoms with Crippen LogP contribution in [0, 0.1) is 10.1 Å². The van der Waals surface area contributed by atoms with Crippen LogP contribution < -0.4 is 9.47 Å². The summed E-state index contributed by atoms with van der Waals surface area (Å²) in [5.74, 6) is 0.809. The minimum atomic E-state index is -0.626. The van der Waals surface area contributed by atoms with Gasteiger partial charge in [-0.05, 0) is 24.6 Å². The second-order valence-electron chi connectivity index (χ2n) is 4.30. The summed E-state index contributed by atoms with van der Waals surface area (Å²) in [6, 6.07) is 7.29. The summed E-state index contributed by atoms with van der Waals surface area (Å²) in [5.41, 5.74) is 0.541. The van der Waals surface area contributed by atoms with E-state index < -0.39 is 11.0 Å². The number of pyridine rings is 1. The lowest BCUT2D eigenvalue weighted by molar-refractivity contribution is -0.384. The van der Waals surface area contributed by atoms with Crippen molar-refractivity contribution in [1.82, 2.24) is 4.98 Å². The largest absolute Gasteiger partial charge is 0.493 e. The van der Waals surface area contributed by atoms with Gasteiger partial charge in [-0.25, -0.2) is 4.98 Å². The fraction of sp³-hybridized carbons (Fsp3) is 0.214. The van der Waals surface area contributed by atoms with Crippen LogP contribution in [0.2, 0.25) is 0 Å². The van der Waals surface area contributed by atoms with Crippen LogP contribution >= 0.6 is 0 Å². The van der Waals surface area contributed by atoms with Crippen molar-refractivity contribution in [2.75, 3.05) is 7.11 Å². The zero-order valence-electron chi connectivity index (χ0n) is 11.5. The lowest BCUT2D eigenvalue weighted by atomic mass is 10.2. The number of aliphatic hydroxyl groups is 1. The average Bonchev–Trinajstić information content (AvgIpc) is 2.47. The summed E-state index contributed by atoms with van der Waals surface area (Å²) in [5, 5.41) is 20.2. The number of non-ortho nitro benzene ring substituents is 1. The molecule has 2 aromatic rings. The van der Waals surface area contributed by atoms with Gasteiger partial charge in [-0.3, -0.25) is 10.1 Å². The molecule has 7 nitrogen and oxygen atoms in total. The molecular formula is C14H14N2O5. The third kappa shape index (κ3) is 3.46. The molecule has 1 aromatic heterocycles. The molecule has 0 saturated carbocycles. The van der Waals surface area contributed by atoms with Crippen LogP contribution in [0.5, 0.6) is 17.4 Å². The van der Waals surface area contributed by atoms with E-state index in [0.717, 1.165) is 0 Å². The van der Waals surface area contributed by atoms with Crippen molar-refractivity contribution >= 4 is 5.69 Å². The number of methoxy groups -OCH3 is 1. The van der Waals surface area contributed by atoms with E-state index >= 15 is 0 Å². The highest BCUT2D eigenvalue weighted by Crippen LogP contribution is 2.34. The lowest BCUT2D eigenvalue weighted by Crippen LogP contribution is -1.96. The first-order valence-corrected chi connectivity index (χ1v) is 6.15. The maximum atomic E-state index is 10.8. The number of rotatable bonds is 5. The minimum absolute atomic E-state index is 0.105. The van der Waals surface area contributed by atoms with Crippen LogP contribution in [-0.4, -0.2) is 22.1 Å². The first-order valence-electron chi connectivity index (χ1n) is 6.15. The first kappa shape index (κ1) is 14.7. The maximum Gasteiger partial charge on any atom is 0.273 e. The number of benzene rings is 1. The highest BCUT2D eigenvalue weighted by Gasteiger charge is 2.14. The molecule has 2 rings (SSSR count). The fourth-order valence-electron chi connectivity index (χ4n) is 1.67. The monoisotopic (exact) mass is 290 g/mol. The number of hydrogen-bond donors (Lipinski definition) is 1. The molecule has 0 aliphatic heterocycles. The minimum Gasteiger partial charge on any atom is -0.493 e. The topological polar surface area (TPSA) is 94.7 Å². The van der Waals surface area contributed by atoms with Gasteiger partial charge in [-0.15, -0.1) is 0 Å². The van der Waals surface area contributed by atoms with Gasteiger partial charge in [0.15, 0.2) is 11.5 Å². The van der Waals surface area contributed by atoms with E-state index in [9.17, 15) is 15.2 Å². The van der Waals surface area contributed by atoms with Gasteiger partial charge in [-0.2, -0.15) is 0 Å². The average molecular weight is 290 g/mol. The molecule has 0 unspecified atom stereocenters. The van der Waals surface area contributed by atoms with Gasteiger partial charge in [-0.1, -0.05) is 0 Å². The number of nitrogens with zero attached hydrogens (tertiary/aromatic N) is 2. The molecule has 7 heteroatoms. The Morgan fingerprint density at radius 3 is 2.57 bits per heavy atom. The maximum absolute atomic E-state index is 10.8. The molecular weight excluding hydrogens is 276 g/mol. The zero-order valence-corrected chi connectivity index (χ0v) is 11.5. The summed E-state index contributed by atoms with van der Waals surface area (Å²) in [6.07, 6.45) is 0.850. The molecule has 0 amide bonds. The number of aromatic nitrogens is 1. The summed E-state index contributed by atoms with van der Waals surface area (Å²) < 4.78 is 10.6. The van der Waals surface area contributed by atoms with Gasteiger partial charge in [0.05, 0.1) is 24.2 Å². The van der Waals surface area contributed by atoms with E-state index in [-0.39, 0.29) is 17.3 Å². The van der Waals surface area contributed by atoms with Crippen molar-refractivity contribution < 1.29 is 19.5 Å². The van der Waals surface area contributed by atoms with Gasteiger partial charge in [0.1, 0.15) is 0 Å². The normalized spacial score (nSPS) is 11.8. The summed E-state index contributed by atoms with van der Waals surface area (Å²) >= 11 is 0. The van der Waals surface area contributed by atoms with Crippen molar-refractivity contribution in [2.45, 2.75) is 13.0 Å². The SMILES string of the molecule is COc1ccc([N+](=O)[O-])cc1Oc1ccc([C@@H](C)O)cn1. The Morgan fingerprint density at radius 2 is 2.05 bits per heavy atom. The van der Waals surface area contributed by atoms with Gasteiger partial charge in [0.25, 0.3) is 5.69 Å². The van der Waals surface area contributed by atoms with Crippen molar-refractivity contribution in [2.24, 2.45) is 0 Å². The molecule has 0 saturated heterocycles. The second kappa shape index (κ2) is 6.19. The van der Waals surface area contributed by atoms with Gasteiger partial charge in [0.2, 0.25) is 5.88 Å². The van der Waals surface area contributed by atoms with E-state index in [2.05, 4.69) is 4.98 Å². The third-order valence-electron chi connectivity index (χ3n) is 2.81. The van der Waals surface area contributed by atoms with Gasteiger partial charge < -0.3 is 14.6 Å². The molecule has 0 radical (unpaired) electrons. The number of aliphatic hydroxyl groups excluding tert-OH is 1. The van der Waals surface area contributed by atoms with Crippen LogP contribution in [0.4, 0.5) is 5.69 Å². The molecule has 0 aliphatic rings. The van der Waals surface area contributed by atoms with Crippen LogP contribution in [-0.2, 0) is 0 Å². The Labute approximate surface area is 120 Å². The molecule has 1 aromatic carbocycles. The molecule has 0 spiro atoms. The zero-order chi connectivity index (χ0) is 15.4. The van der Waals surface area contributed by atoms with Gasteiger partial charge in [0, 0.05) is 18.3 Å². The van der Waals surface area contributed by atoms with E-state index in [4.69, 9.17) is 9.47 Å². The number of ether oxygens (including phenoxy) is 2. The molecule has 1 N–H and O–H groups in total. The quantitative estimate of drug-likeness (QED) is 0.672. The predicted molar refractivity (Wildman–Crippen MR) is 74.6 cm³/mol. The van der Waals surface area contributed by atoms with E-state index in [1.807, 2.05) is 0 Å². The fourth-order valence-corrected chi connectivity index (χ4v) is 1.67. The number of hydrogen-bond acceptors (Lipinski definition) is 6. The number of nitro groups is 1. The van der Waals surface area contributed by atoms with E-state index in [0.29, 0.717) is 11.3 Å². The van der Waals surface area contributed by atoms with Crippen molar-refractivity contribution in [3.63, 3.8) is 0 Å². The molecule has 1 heterocycles. The Kier molecular flexibility index (Phi) is 4.34. The van der Waals surface area contributed by atoms with Crippen molar-refractivity contribution in [3.05, 3.63) is 52.2 Å². The Morgan fingerprint density at radius 1 is 1.29 bits per heavy atom. The summed E-state index contributed by atoms with van der Waals surface area (Å²) in [7, 11) is 1.44. The highest BCUT2D eigenvalue weighted by molar-refractivity contribution is 5.49. The second-order valence-corrected chi connectivity index (χ2v) is 4.30. The Balaban J connectivity index is 2.29. The van der Waals surface area contributed by atoms with Crippen LogP contribution in [0.15, 0.2) is 36.5 Å². The van der Waals surface area contributed by atoms with Gasteiger partial charge >= 0.3 is 0 Å². The first-order chi connectivity index (χ1) is 10.0. The molecule has 0 aliphatic carbocycles. The summed E-state index contributed by atoms with van der Waals surface area (Å²) in [6.45, 7) is 1.63. The Hall–Kier alpha value is -2.67. The van der Waals surface area contributed by atoms with Crippen molar-refractivity contribution in [3.8, 4) is 17.4 Å². The third-order valence-corrected chi connectivity index (χ3v) is 2.81. The molecule has 0 bridgehead atoms. The molecule has 110 valence electrons. The van der Waals surface area contributed by atoms with Crippen LogP contribution in [0.1, 0.15) is 18.6 Å². The van der Waals surface area contributed by atoms with Crippen LogP contribution in [0.25, 0.3) is 0 Å². The smallest absolute Gasteiger partial charge is 0.273 e. The Bertz CT molecular complexity index is 640. The summed E-state index contributed by atoms with van der Waals surface area (Å²) in [4.78, 5) is 14.3. The standard InChI is InChI=1S/C14H14N2O5/c1-9(17)10-3-6-14(15-8-10)21-13-7-11(16(18)19)4-5-12(13)20-2/h3-9,17H,1-2H3/t9-/m1/s1. The molecule has 21 heavy (non-hydrogen) atoms. The van der Waals surface area contributed by atoms with E-state index in [1.54, 1.807) is 19.1 Å². The van der Waals surface area contributed by atoms with Crippen LogP contribution in [0.3, 0.4) is 0 Å². The highest BCUT2D eigenvalue weighted by atomic mass is 16.6. The molecule has 0 fully saturated rings. The predicted octanol–water partition coefficient (Wildman–Crippen LogP) is 2.84. The lowest BCUT2D eigenvalue weighted by Gasteiger charge is -2.10. The van der Waals surface area contributed by atoms with Crippen molar-refractivity contribution in [1.29, 1.82) is 0 Å². The molecule has 1 atom stereocenters.